The largest absolute Gasteiger partial charge is 0.382 e. The molecule has 10 heteroatoms. The Balaban J connectivity index is 2.21. The van der Waals surface area contributed by atoms with Crippen molar-refractivity contribution >= 4 is 35.0 Å². The number of nitrogens with two attached hydrogens (primary N) is 1. The highest BCUT2D eigenvalue weighted by Crippen LogP contribution is 2.20. The summed E-state index contributed by atoms with van der Waals surface area (Å²) in [5.74, 6) is -1.24. The van der Waals surface area contributed by atoms with Crippen LogP contribution in [0.15, 0.2) is 39.0 Å². The van der Waals surface area contributed by atoms with Crippen molar-refractivity contribution in [1.29, 1.82) is 0 Å². The second-order valence-corrected chi connectivity index (χ2v) is 4.82. The Hall–Kier alpha value is -2.58. The number of oxime groups is 1. The molecule has 2 aromatic rings. The molecule has 0 aliphatic carbocycles. The summed E-state index contributed by atoms with van der Waals surface area (Å²) >= 11 is 11.7. The molecule has 0 fully saturated rings. The second-order valence-electron chi connectivity index (χ2n) is 3.98. The first-order valence-electron chi connectivity index (χ1n) is 5.70. The lowest BCUT2D eigenvalue weighted by atomic mass is 10.2. The zero-order valence-corrected chi connectivity index (χ0v) is 12.2. The van der Waals surface area contributed by atoms with Crippen LogP contribution in [-0.2, 0) is 4.84 Å². The van der Waals surface area contributed by atoms with Crippen molar-refractivity contribution in [2.45, 2.75) is 0 Å². The minimum atomic E-state index is -1.06. The van der Waals surface area contributed by atoms with Gasteiger partial charge in [-0.05, 0) is 18.2 Å². The van der Waals surface area contributed by atoms with Crippen LogP contribution in [0.5, 0.6) is 0 Å². The molecule has 0 saturated carbocycles. The van der Waals surface area contributed by atoms with Crippen LogP contribution in [0, 0.1) is 0 Å². The van der Waals surface area contributed by atoms with Gasteiger partial charge in [0.2, 0.25) is 0 Å². The van der Waals surface area contributed by atoms with E-state index in [9.17, 15) is 14.4 Å². The molecule has 0 aliphatic rings. The maximum atomic E-state index is 11.7. The van der Waals surface area contributed by atoms with Gasteiger partial charge in [0.05, 0.1) is 5.02 Å². The zero-order chi connectivity index (χ0) is 16.3. The molecule has 114 valence electrons. The van der Waals surface area contributed by atoms with Gasteiger partial charge >= 0.3 is 11.7 Å². The van der Waals surface area contributed by atoms with Gasteiger partial charge in [-0.15, -0.1) is 0 Å². The molecule has 0 spiro atoms. The third-order valence-corrected chi connectivity index (χ3v) is 2.96. The lowest BCUT2D eigenvalue weighted by Gasteiger charge is -2.03. The third kappa shape index (κ3) is 3.74. The highest BCUT2D eigenvalue weighted by atomic mass is 35.5. The molecule has 0 atom stereocenters. The quantitative estimate of drug-likeness (QED) is 0.329. The first-order chi connectivity index (χ1) is 10.4. The molecule has 4 N–H and O–H groups in total. The van der Waals surface area contributed by atoms with Crippen molar-refractivity contribution < 1.29 is 9.63 Å². The Labute approximate surface area is 132 Å². The molecule has 0 radical (unpaired) electrons. The van der Waals surface area contributed by atoms with E-state index < -0.39 is 17.2 Å². The van der Waals surface area contributed by atoms with E-state index in [1.165, 1.54) is 18.2 Å². The topological polar surface area (TPSA) is 130 Å². The maximum absolute atomic E-state index is 11.7. The highest BCUT2D eigenvalue weighted by molar-refractivity contribution is 6.36. The standard InChI is InChI=1S/C12H8Cl2N4O4/c13-5-1-2-6(7(14)3-5)10(15)18-22-11(20)8-4-9(19)17-12(21)16-8/h1-4H,(H2,15,18)(H2,16,17,19,21). The van der Waals surface area contributed by atoms with E-state index in [2.05, 4.69) is 15.0 Å². The number of nitrogens with one attached hydrogen (secondary N) is 2. The summed E-state index contributed by atoms with van der Waals surface area (Å²) in [4.78, 5) is 42.3. The summed E-state index contributed by atoms with van der Waals surface area (Å²) in [5, 5.41) is 4.02. The number of aromatic nitrogens is 2. The Morgan fingerprint density at radius 3 is 2.55 bits per heavy atom. The number of hydrogen-bond acceptors (Lipinski definition) is 5. The number of carbonyl (C=O) groups is 1. The molecule has 0 amide bonds. The van der Waals surface area contributed by atoms with E-state index in [1.807, 2.05) is 4.98 Å². The predicted molar refractivity (Wildman–Crippen MR) is 80.3 cm³/mol. The molecule has 2 rings (SSSR count). The van der Waals surface area contributed by atoms with Crippen LogP contribution in [-0.4, -0.2) is 21.8 Å². The van der Waals surface area contributed by atoms with E-state index in [1.54, 1.807) is 0 Å². The van der Waals surface area contributed by atoms with E-state index in [0.717, 1.165) is 6.07 Å². The SMILES string of the molecule is N/C(=N\OC(=O)c1cc(=O)[nH]c(=O)[nH]1)c1ccc(Cl)cc1Cl. The molecule has 0 unspecified atom stereocenters. The highest BCUT2D eigenvalue weighted by Gasteiger charge is 2.11. The molecule has 22 heavy (non-hydrogen) atoms. The summed E-state index contributed by atoms with van der Waals surface area (Å²) in [6.07, 6.45) is 0. The van der Waals surface area contributed by atoms with Crippen LogP contribution >= 0.6 is 23.2 Å². The molecule has 0 saturated heterocycles. The molecule has 0 bridgehead atoms. The monoisotopic (exact) mass is 342 g/mol. The van der Waals surface area contributed by atoms with Crippen LogP contribution in [0.4, 0.5) is 0 Å². The van der Waals surface area contributed by atoms with Crippen LogP contribution in [0.1, 0.15) is 16.1 Å². The third-order valence-electron chi connectivity index (χ3n) is 2.41. The fraction of sp³-hybridized carbons (Fsp3) is 0. The number of H-pyrrole nitrogens is 2. The number of nitrogens with zero attached hydrogens (tertiary/aromatic N) is 1. The van der Waals surface area contributed by atoms with Gasteiger partial charge in [0.15, 0.2) is 5.84 Å². The van der Waals surface area contributed by atoms with Gasteiger partial charge < -0.3 is 15.6 Å². The Morgan fingerprint density at radius 1 is 1.18 bits per heavy atom. The Morgan fingerprint density at radius 2 is 1.91 bits per heavy atom. The molecule has 0 aliphatic heterocycles. The minimum Gasteiger partial charge on any atom is -0.380 e. The van der Waals surface area contributed by atoms with E-state index in [-0.39, 0.29) is 16.6 Å². The molecular weight excluding hydrogens is 335 g/mol. The van der Waals surface area contributed by atoms with E-state index >= 15 is 0 Å². The Kier molecular flexibility index (Phi) is 4.64. The van der Waals surface area contributed by atoms with Crippen molar-refractivity contribution in [1.82, 2.24) is 9.97 Å². The van der Waals surface area contributed by atoms with Crippen LogP contribution in [0.2, 0.25) is 10.0 Å². The van der Waals surface area contributed by atoms with Crippen molar-refractivity contribution in [3.63, 3.8) is 0 Å². The average Bonchev–Trinajstić information content (AvgIpc) is 2.43. The van der Waals surface area contributed by atoms with Gasteiger partial charge in [0.1, 0.15) is 5.69 Å². The average molecular weight is 343 g/mol. The summed E-state index contributed by atoms with van der Waals surface area (Å²) in [7, 11) is 0. The van der Waals surface area contributed by atoms with Gasteiger partial charge in [-0.25, -0.2) is 9.59 Å². The van der Waals surface area contributed by atoms with Crippen molar-refractivity contribution in [3.8, 4) is 0 Å². The van der Waals surface area contributed by atoms with Gasteiger partial charge in [-0.2, -0.15) is 0 Å². The van der Waals surface area contributed by atoms with Gasteiger partial charge in [-0.3, -0.25) is 9.78 Å². The van der Waals surface area contributed by atoms with E-state index in [0.29, 0.717) is 10.6 Å². The van der Waals surface area contributed by atoms with Crippen molar-refractivity contribution in [2.75, 3.05) is 0 Å². The molecule has 1 aromatic carbocycles. The molecule has 1 heterocycles. The molecular formula is C12H8Cl2N4O4. The summed E-state index contributed by atoms with van der Waals surface area (Å²) in [6, 6.07) is 5.31. The van der Waals surface area contributed by atoms with Crippen LogP contribution < -0.4 is 17.0 Å². The summed E-state index contributed by atoms with van der Waals surface area (Å²) in [5.41, 5.74) is 3.97. The van der Waals surface area contributed by atoms with Gasteiger partial charge in [-0.1, -0.05) is 28.4 Å². The van der Waals surface area contributed by atoms with Gasteiger partial charge in [0.25, 0.3) is 5.56 Å². The number of rotatable bonds is 3. The number of hydrogen-bond donors (Lipinski definition) is 3. The Bertz CT molecular complexity index is 844. The number of aromatic amines is 2. The van der Waals surface area contributed by atoms with Crippen LogP contribution in [0.3, 0.4) is 0 Å². The second kappa shape index (κ2) is 6.46. The molecule has 1 aromatic heterocycles. The number of carbonyl (C=O) groups excluding carboxylic acids is 1. The lowest BCUT2D eigenvalue weighted by Crippen LogP contribution is -2.25. The minimum absolute atomic E-state index is 0.179. The zero-order valence-electron chi connectivity index (χ0n) is 10.7. The van der Waals surface area contributed by atoms with E-state index in [4.69, 9.17) is 28.9 Å². The lowest BCUT2D eigenvalue weighted by molar-refractivity contribution is 0.0508. The van der Waals surface area contributed by atoms with Gasteiger partial charge in [0, 0.05) is 16.7 Å². The number of halogens is 2. The number of amidine groups is 1. The maximum Gasteiger partial charge on any atom is 0.382 e. The van der Waals surface area contributed by atoms with Crippen molar-refractivity contribution in [3.05, 3.63) is 66.4 Å². The fourth-order valence-electron chi connectivity index (χ4n) is 1.46. The smallest absolute Gasteiger partial charge is 0.380 e. The summed E-state index contributed by atoms with van der Waals surface area (Å²) in [6.45, 7) is 0. The van der Waals surface area contributed by atoms with Crippen LogP contribution in [0.25, 0.3) is 0 Å². The number of benzene rings is 1. The summed E-state index contributed by atoms with van der Waals surface area (Å²) < 4.78 is 0. The first kappa shape index (κ1) is 15.8. The molecule has 8 nitrogen and oxygen atoms in total. The first-order valence-corrected chi connectivity index (χ1v) is 6.46. The fourth-order valence-corrected chi connectivity index (χ4v) is 1.97. The van der Waals surface area contributed by atoms with Crippen molar-refractivity contribution in [2.24, 2.45) is 10.9 Å². The normalized spacial score (nSPS) is 11.3. The predicted octanol–water partition coefficient (Wildman–Crippen LogP) is 0.847.